The van der Waals surface area contributed by atoms with Crippen molar-refractivity contribution >= 4 is 44.0 Å². The van der Waals surface area contributed by atoms with Gasteiger partial charge in [-0.25, -0.2) is 22.5 Å². The van der Waals surface area contributed by atoms with E-state index in [1.807, 2.05) is 0 Å². The number of fused-ring (bicyclic) bond motifs is 2. The van der Waals surface area contributed by atoms with E-state index in [1.165, 1.54) is 67.4 Å². The van der Waals surface area contributed by atoms with Crippen molar-refractivity contribution in [3.05, 3.63) is 106 Å². The van der Waals surface area contributed by atoms with Crippen LogP contribution in [0.2, 0.25) is 0 Å². The van der Waals surface area contributed by atoms with E-state index < -0.39 is 37.3 Å². The number of rotatable bonds is 11. The van der Waals surface area contributed by atoms with Crippen LogP contribution in [0.15, 0.2) is 78.0 Å². The number of amides is 1. The number of nitrogens with one attached hydrogen (secondary N) is 3. The highest BCUT2D eigenvalue weighted by atomic mass is 32.2. The van der Waals surface area contributed by atoms with Gasteiger partial charge in [0.2, 0.25) is 0 Å². The minimum atomic E-state index is -4.67. The Morgan fingerprint density at radius 2 is 1.80 bits per heavy atom. The minimum absolute atomic E-state index is 0.0284. The number of piperidine rings is 1. The van der Waals surface area contributed by atoms with Gasteiger partial charge in [-0.05, 0) is 104 Å². The van der Waals surface area contributed by atoms with Crippen LogP contribution >= 0.6 is 0 Å². The molecule has 342 valence electrons. The third-order valence-electron chi connectivity index (χ3n) is 14.9. The van der Waals surface area contributed by atoms with E-state index >= 15 is 0 Å². The average molecular weight is 906 g/mol. The summed E-state index contributed by atoms with van der Waals surface area (Å²) in [6, 6.07) is 18.4. The second-order valence-corrected chi connectivity index (χ2v) is 20.9. The van der Waals surface area contributed by atoms with Crippen molar-refractivity contribution < 1.29 is 32.0 Å². The second-order valence-electron chi connectivity index (χ2n) is 19.2. The van der Waals surface area contributed by atoms with Crippen LogP contribution in [0.1, 0.15) is 118 Å². The number of nitro groups is 1. The van der Waals surface area contributed by atoms with Crippen molar-refractivity contribution in [2.24, 2.45) is 11.3 Å². The number of aromatic amines is 1. The molecule has 2 saturated carbocycles. The summed E-state index contributed by atoms with van der Waals surface area (Å²) < 4.78 is 56.8. The van der Waals surface area contributed by atoms with Gasteiger partial charge >= 0.3 is 0 Å². The number of carbonyl (C=O) groups excluding carboxylic acids is 1. The minimum Gasteiger partial charge on any atom is -0.489 e. The van der Waals surface area contributed by atoms with E-state index in [4.69, 9.17) is 9.47 Å². The molecule has 2 aliphatic carbocycles. The SMILES string of the molecule is CC(C)c1ccccc1[C@@H]1CCCN1C1CC2(CCN(c3ccc(C(=O)NS(=O)(=O)c4cc5c(c([N+](=O)[O-])c4)N[C@@H](C4CCCCC4)CO5)c(Oc4cnc5[nH]cc(F)c5c4)c3)CC2)C1. The van der Waals surface area contributed by atoms with Crippen LogP contribution in [-0.2, 0) is 10.0 Å². The first-order chi connectivity index (χ1) is 31.3. The number of hydrogen-bond acceptors (Lipinski definition) is 11. The Bertz CT molecular complexity index is 2740. The Morgan fingerprint density at radius 3 is 2.57 bits per heavy atom. The number of nitrogens with zero attached hydrogens (tertiary/aromatic N) is 4. The number of H-pyrrole nitrogens is 1. The molecule has 3 aliphatic heterocycles. The molecule has 10 rings (SSSR count). The molecule has 5 heterocycles. The lowest BCUT2D eigenvalue weighted by atomic mass is 9.59. The number of halogens is 1. The van der Waals surface area contributed by atoms with Gasteiger partial charge < -0.3 is 24.7 Å². The summed E-state index contributed by atoms with van der Waals surface area (Å²) in [5.74, 6) is -0.568. The Morgan fingerprint density at radius 1 is 1.02 bits per heavy atom. The molecule has 3 N–H and O–H groups in total. The summed E-state index contributed by atoms with van der Waals surface area (Å²) in [5.41, 5.74) is 3.86. The first-order valence-corrected chi connectivity index (χ1v) is 24.7. The van der Waals surface area contributed by atoms with Gasteiger partial charge in [0, 0.05) is 55.3 Å². The van der Waals surface area contributed by atoms with Crippen molar-refractivity contribution in [2.75, 3.05) is 36.5 Å². The first-order valence-electron chi connectivity index (χ1n) is 23.2. The Kier molecular flexibility index (Phi) is 11.4. The quantitative estimate of drug-likeness (QED) is 0.0851. The van der Waals surface area contributed by atoms with Gasteiger partial charge in [0.15, 0.2) is 11.4 Å². The van der Waals surface area contributed by atoms with Crippen molar-refractivity contribution in [1.82, 2.24) is 19.6 Å². The standard InChI is InChI=1S/C49H56FN7O7S/c1-30(2)36-11-6-7-12-37(36)42-13-8-18-56(42)33-25-49(26-33)16-19-55(20-17-49)32-14-15-38(44(21-32)64-34-22-39-40(50)28-52-47(39)51-27-34)48(58)54-65(61,62)35-23-43(57(59)60)46-45(24-35)63-29-41(53-46)31-9-4-3-5-10-31/h6-7,11-12,14-15,21-24,27-28,30-31,33,41-42,53H,3-5,8-10,13,16-20,25-26,29H2,1-2H3,(H,51,52)(H,54,58)/t41-,42+/m1/s1. The third-order valence-corrected chi connectivity index (χ3v) is 16.2. The average Bonchev–Trinajstić information content (AvgIpc) is 3.94. The normalized spacial score (nSPS) is 21.4. The van der Waals surface area contributed by atoms with Gasteiger partial charge in [-0.3, -0.25) is 19.8 Å². The van der Waals surface area contributed by atoms with E-state index in [2.05, 4.69) is 67.9 Å². The zero-order valence-electron chi connectivity index (χ0n) is 36.9. The molecule has 14 nitrogen and oxygen atoms in total. The molecule has 65 heavy (non-hydrogen) atoms. The van der Waals surface area contributed by atoms with Gasteiger partial charge in [-0.1, -0.05) is 57.4 Å². The lowest BCUT2D eigenvalue weighted by Gasteiger charge is -2.56. The van der Waals surface area contributed by atoms with E-state index in [0.717, 1.165) is 76.3 Å². The fourth-order valence-electron chi connectivity index (χ4n) is 11.4. The number of pyridine rings is 1. The van der Waals surface area contributed by atoms with E-state index in [0.29, 0.717) is 23.6 Å². The molecule has 2 saturated heterocycles. The Hall–Kier alpha value is -5.74. The molecular formula is C49H56FN7O7S. The van der Waals surface area contributed by atoms with Crippen LogP contribution in [0.5, 0.6) is 17.2 Å². The van der Waals surface area contributed by atoms with Crippen LogP contribution < -0.4 is 24.4 Å². The highest BCUT2D eigenvalue weighted by Gasteiger charge is 2.50. The molecule has 16 heteroatoms. The summed E-state index contributed by atoms with van der Waals surface area (Å²) in [6.07, 6.45) is 14.6. The number of ether oxygens (including phenoxy) is 2. The molecule has 3 aromatic carbocycles. The Labute approximate surface area is 378 Å². The molecule has 5 aliphatic rings. The van der Waals surface area contributed by atoms with Crippen molar-refractivity contribution in [1.29, 1.82) is 0 Å². The molecule has 0 radical (unpaired) electrons. The summed E-state index contributed by atoms with van der Waals surface area (Å²) in [4.78, 5) is 37.3. The van der Waals surface area contributed by atoms with E-state index in [1.54, 1.807) is 12.1 Å². The molecule has 5 aromatic rings. The zero-order chi connectivity index (χ0) is 45.0. The number of anilines is 2. The molecule has 0 unspecified atom stereocenters. The molecule has 2 aromatic heterocycles. The largest absolute Gasteiger partial charge is 0.489 e. The monoisotopic (exact) mass is 905 g/mol. The highest BCUT2D eigenvalue weighted by molar-refractivity contribution is 7.90. The van der Waals surface area contributed by atoms with E-state index in [-0.39, 0.29) is 57.9 Å². The Balaban J connectivity index is 0.869. The summed E-state index contributed by atoms with van der Waals surface area (Å²) in [5, 5.41) is 15.8. The number of aromatic nitrogens is 2. The molecular weight excluding hydrogens is 850 g/mol. The van der Waals surface area contributed by atoms with Crippen LogP contribution in [-0.4, -0.2) is 72.4 Å². The maximum atomic E-state index is 14.6. The van der Waals surface area contributed by atoms with Crippen molar-refractivity contribution in [3.63, 3.8) is 0 Å². The fraction of sp³-hybridized carbons (Fsp3) is 0.469. The maximum Gasteiger partial charge on any atom is 0.297 e. The van der Waals surface area contributed by atoms with Crippen LogP contribution in [0, 0.1) is 27.3 Å². The van der Waals surface area contributed by atoms with Gasteiger partial charge in [0.1, 0.15) is 29.6 Å². The van der Waals surface area contributed by atoms with Crippen LogP contribution in [0.3, 0.4) is 0 Å². The predicted octanol–water partition coefficient (Wildman–Crippen LogP) is 9.98. The molecule has 4 fully saturated rings. The second kappa shape index (κ2) is 17.2. The lowest BCUT2D eigenvalue weighted by Crippen LogP contribution is -2.54. The van der Waals surface area contributed by atoms with Crippen LogP contribution in [0.4, 0.5) is 21.5 Å². The fourth-order valence-corrected chi connectivity index (χ4v) is 12.4. The zero-order valence-corrected chi connectivity index (χ0v) is 37.7. The molecule has 1 spiro atoms. The number of hydrogen-bond donors (Lipinski definition) is 3. The smallest absolute Gasteiger partial charge is 0.297 e. The summed E-state index contributed by atoms with van der Waals surface area (Å²) in [6.45, 7) is 7.51. The third kappa shape index (κ3) is 8.39. The van der Waals surface area contributed by atoms with Crippen molar-refractivity contribution in [2.45, 2.75) is 113 Å². The summed E-state index contributed by atoms with van der Waals surface area (Å²) >= 11 is 0. The van der Waals surface area contributed by atoms with Crippen LogP contribution in [0.25, 0.3) is 11.0 Å². The van der Waals surface area contributed by atoms with Crippen molar-refractivity contribution in [3.8, 4) is 17.2 Å². The number of sulfonamides is 1. The number of benzene rings is 3. The number of likely N-dealkylation sites (tertiary alicyclic amines) is 1. The highest BCUT2D eigenvalue weighted by Crippen LogP contribution is 2.54. The van der Waals surface area contributed by atoms with Gasteiger partial charge in [-0.2, -0.15) is 0 Å². The summed E-state index contributed by atoms with van der Waals surface area (Å²) in [7, 11) is -4.67. The topological polar surface area (TPSA) is 172 Å². The molecule has 1 amide bonds. The van der Waals surface area contributed by atoms with Gasteiger partial charge in [0.25, 0.3) is 21.6 Å². The maximum absolute atomic E-state index is 14.6. The lowest BCUT2D eigenvalue weighted by molar-refractivity contribution is -0.384. The first kappa shape index (κ1) is 43.2. The number of nitro benzene ring substituents is 1. The number of carbonyl (C=O) groups is 1. The van der Waals surface area contributed by atoms with Gasteiger partial charge in [0.05, 0.1) is 33.0 Å². The molecule has 0 bridgehead atoms. The van der Waals surface area contributed by atoms with Gasteiger partial charge in [-0.15, -0.1) is 0 Å². The predicted molar refractivity (Wildman–Crippen MR) is 246 cm³/mol. The molecule has 2 atom stereocenters. The van der Waals surface area contributed by atoms with E-state index in [9.17, 15) is 27.7 Å².